The van der Waals surface area contributed by atoms with Crippen LogP contribution in [0.3, 0.4) is 0 Å². The molecule has 0 bridgehead atoms. The number of hydrogen-bond donors (Lipinski definition) is 2. The molecule has 0 atom stereocenters. The molecule has 0 spiro atoms. The zero-order valence-electron chi connectivity index (χ0n) is 16.2. The molecule has 2 amide bonds. The second-order valence-electron chi connectivity index (χ2n) is 6.49. The van der Waals surface area contributed by atoms with Crippen LogP contribution < -0.4 is 15.4 Å². The Bertz CT molecular complexity index is 974. The van der Waals surface area contributed by atoms with Crippen molar-refractivity contribution in [2.45, 2.75) is 13.0 Å². The lowest BCUT2D eigenvalue weighted by Gasteiger charge is -2.08. The fourth-order valence-corrected chi connectivity index (χ4v) is 2.82. The van der Waals surface area contributed by atoms with Crippen LogP contribution in [0.2, 0.25) is 0 Å². The Morgan fingerprint density at radius 1 is 0.862 bits per heavy atom. The van der Waals surface area contributed by atoms with E-state index in [9.17, 15) is 9.59 Å². The number of carbonyl (C=O) groups excluding carboxylic acids is 2. The highest BCUT2D eigenvalue weighted by Crippen LogP contribution is 2.12. The maximum absolute atomic E-state index is 12.4. The predicted molar refractivity (Wildman–Crippen MR) is 111 cm³/mol. The minimum absolute atomic E-state index is 0.266. The highest BCUT2D eigenvalue weighted by molar-refractivity contribution is 5.99. The Morgan fingerprint density at radius 2 is 1.55 bits per heavy atom. The molecule has 0 aliphatic carbocycles. The summed E-state index contributed by atoms with van der Waals surface area (Å²) in [6, 6.07) is 18.9. The predicted octanol–water partition coefficient (Wildman–Crippen LogP) is 2.99. The van der Waals surface area contributed by atoms with Crippen molar-refractivity contribution in [3.05, 3.63) is 95.3 Å². The minimum Gasteiger partial charge on any atom is -0.497 e. The van der Waals surface area contributed by atoms with E-state index in [4.69, 9.17) is 4.74 Å². The largest absolute Gasteiger partial charge is 0.497 e. The molecular formula is C23H23N3O3. The first kappa shape index (κ1) is 20.1. The summed E-state index contributed by atoms with van der Waals surface area (Å²) in [4.78, 5) is 28.8. The van der Waals surface area contributed by atoms with Crippen LogP contribution in [0.1, 0.15) is 31.8 Å². The highest BCUT2D eigenvalue weighted by atomic mass is 16.5. The second kappa shape index (κ2) is 10.0. The summed E-state index contributed by atoms with van der Waals surface area (Å²) < 4.78 is 5.20. The third kappa shape index (κ3) is 5.90. The number of rotatable bonds is 8. The zero-order chi connectivity index (χ0) is 20.5. The van der Waals surface area contributed by atoms with Gasteiger partial charge in [-0.3, -0.25) is 14.6 Å². The van der Waals surface area contributed by atoms with Gasteiger partial charge < -0.3 is 15.4 Å². The van der Waals surface area contributed by atoms with E-state index in [0.29, 0.717) is 30.6 Å². The van der Waals surface area contributed by atoms with Crippen molar-refractivity contribution in [2.24, 2.45) is 0 Å². The molecule has 1 heterocycles. The quantitative estimate of drug-likeness (QED) is 0.621. The number of aromatic nitrogens is 1. The first-order valence-corrected chi connectivity index (χ1v) is 9.34. The monoisotopic (exact) mass is 389 g/mol. The molecule has 2 N–H and O–H groups in total. The van der Waals surface area contributed by atoms with E-state index in [1.165, 1.54) is 12.4 Å². The molecule has 0 radical (unpaired) electrons. The number of carbonyl (C=O) groups is 2. The summed E-state index contributed by atoms with van der Waals surface area (Å²) in [5.74, 6) is 0.248. The van der Waals surface area contributed by atoms with Crippen molar-refractivity contribution >= 4 is 11.8 Å². The second-order valence-corrected chi connectivity index (χ2v) is 6.49. The molecule has 3 aromatic rings. The normalized spacial score (nSPS) is 10.2. The number of hydrogen-bond acceptors (Lipinski definition) is 4. The van der Waals surface area contributed by atoms with E-state index in [1.54, 1.807) is 13.2 Å². The van der Waals surface area contributed by atoms with Crippen molar-refractivity contribution in [3.63, 3.8) is 0 Å². The van der Waals surface area contributed by atoms with E-state index in [0.717, 1.165) is 16.9 Å². The average molecular weight is 389 g/mol. The molecule has 0 unspecified atom stereocenters. The van der Waals surface area contributed by atoms with E-state index in [1.807, 2.05) is 54.6 Å². The lowest BCUT2D eigenvalue weighted by atomic mass is 10.1. The summed E-state index contributed by atoms with van der Waals surface area (Å²) in [7, 11) is 1.62. The van der Waals surface area contributed by atoms with Crippen molar-refractivity contribution in [2.75, 3.05) is 13.7 Å². The summed E-state index contributed by atoms with van der Waals surface area (Å²) in [5.41, 5.74) is 2.77. The number of nitrogens with one attached hydrogen (secondary N) is 2. The third-order valence-corrected chi connectivity index (χ3v) is 4.39. The van der Waals surface area contributed by atoms with Gasteiger partial charge in [-0.1, -0.05) is 42.5 Å². The summed E-state index contributed by atoms with van der Waals surface area (Å²) in [6.45, 7) is 0.882. The summed E-state index contributed by atoms with van der Waals surface area (Å²) >= 11 is 0. The fraction of sp³-hybridized carbons (Fsp3) is 0.174. The molecule has 148 valence electrons. The maximum Gasteiger partial charge on any atom is 0.253 e. The van der Waals surface area contributed by atoms with Crippen molar-refractivity contribution in [1.82, 2.24) is 15.6 Å². The minimum atomic E-state index is -0.271. The molecule has 1 aromatic heterocycles. The first-order valence-electron chi connectivity index (χ1n) is 9.34. The SMILES string of the molecule is COc1cccc(CCNC(=O)c2cncc(C(=O)NCc3ccccc3)c2)c1. The van der Waals surface area contributed by atoms with E-state index in [2.05, 4.69) is 15.6 Å². The number of methoxy groups -OCH3 is 1. The average Bonchev–Trinajstić information content (AvgIpc) is 2.78. The van der Waals surface area contributed by atoms with Gasteiger partial charge in [-0.25, -0.2) is 0 Å². The molecule has 0 aliphatic heterocycles. The van der Waals surface area contributed by atoms with Crippen LogP contribution in [0.5, 0.6) is 5.75 Å². The molecule has 2 aromatic carbocycles. The molecule has 0 aliphatic rings. The van der Waals surface area contributed by atoms with Gasteiger partial charge >= 0.3 is 0 Å². The van der Waals surface area contributed by atoms with Crippen molar-refractivity contribution in [1.29, 1.82) is 0 Å². The first-order chi connectivity index (χ1) is 14.2. The van der Waals surface area contributed by atoms with E-state index in [-0.39, 0.29) is 11.8 Å². The Hall–Kier alpha value is -3.67. The Balaban J connectivity index is 1.53. The van der Waals surface area contributed by atoms with Gasteiger partial charge in [0.2, 0.25) is 0 Å². The molecule has 6 nitrogen and oxygen atoms in total. The molecular weight excluding hydrogens is 366 g/mol. The third-order valence-electron chi connectivity index (χ3n) is 4.39. The van der Waals surface area contributed by atoms with Crippen LogP contribution in [0.4, 0.5) is 0 Å². The molecule has 3 rings (SSSR count). The van der Waals surface area contributed by atoms with Crippen LogP contribution in [-0.4, -0.2) is 30.5 Å². The number of pyridine rings is 1. The lowest BCUT2D eigenvalue weighted by molar-refractivity contribution is 0.0950. The van der Waals surface area contributed by atoms with Gasteiger partial charge in [0.1, 0.15) is 5.75 Å². The highest BCUT2D eigenvalue weighted by Gasteiger charge is 2.11. The topological polar surface area (TPSA) is 80.3 Å². The van der Waals surface area contributed by atoms with Crippen molar-refractivity contribution < 1.29 is 14.3 Å². The van der Waals surface area contributed by atoms with Crippen LogP contribution >= 0.6 is 0 Å². The van der Waals surface area contributed by atoms with Gasteiger partial charge in [-0.2, -0.15) is 0 Å². The summed E-state index contributed by atoms with van der Waals surface area (Å²) in [5, 5.41) is 5.69. The van der Waals surface area contributed by atoms with Crippen LogP contribution in [0, 0.1) is 0 Å². The summed E-state index contributed by atoms with van der Waals surface area (Å²) in [6.07, 6.45) is 3.58. The van der Waals surface area contributed by atoms with Crippen LogP contribution in [-0.2, 0) is 13.0 Å². The molecule has 0 fully saturated rings. The van der Waals surface area contributed by atoms with Crippen LogP contribution in [0.25, 0.3) is 0 Å². The number of amides is 2. The van der Waals surface area contributed by atoms with Gasteiger partial charge in [0, 0.05) is 25.5 Å². The van der Waals surface area contributed by atoms with Gasteiger partial charge in [0.25, 0.3) is 11.8 Å². The fourth-order valence-electron chi connectivity index (χ4n) is 2.82. The van der Waals surface area contributed by atoms with Gasteiger partial charge in [-0.15, -0.1) is 0 Å². The standard InChI is InChI=1S/C23H23N3O3/c1-29-21-9-5-8-17(12-21)10-11-25-22(27)19-13-20(16-24-15-19)23(28)26-14-18-6-3-2-4-7-18/h2-9,12-13,15-16H,10-11,14H2,1H3,(H,25,27)(H,26,28). The molecule has 29 heavy (non-hydrogen) atoms. The van der Waals surface area contributed by atoms with E-state index < -0.39 is 0 Å². The van der Waals surface area contributed by atoms with Gasteiger partial charge in [0.05, 0.1) is 18.2 Å². The number of benzene rings is 2. The van der Waals surface area contributed by atoms with Crippen molar-refractivity contribution in [3.8, 4) is 5.75 Å². The Labute approximate surface area is 169 Å². The lowest BCUT2D eigenvalue weighted by Crippen LogP contribution is -2.27. The Kier molecular flexibility index (Phi) is 6.95. The smallest absolute Gasteiger partial charge is 0.253 e. The number of ether oxygens (including phenoxy) is 1. The van der Waals surface area contributed by atoms with Gasteiger partial charge in [-0.05, 0) is 35.7 Å². The molecule has 0 saturated carbocycles. The molecule has 6 heteroatoms. The van der Waals surface area contributed by atoms with E-state index >= 15 is 0 Å². The number of nitrogens with zero attached hydrogens (tertiary/aromatic N) is 1. The van der Waals surface area contributed by atoms with Crippen LogP contribution in [0.15, 0.2) is 73.1 Å². The van der Waals surface area contributed by atoms with Gasteiger partial charge in [0.15, 0.2) is 0 Å². The zero-order valence-corrected chi connectivity index (χ0v) is 16.2. The maximum atomic E-state index is 12.4. The Morgan fingerprint density at radius 3 is 2.28 bits per heavy atom. The molecule has 0 saturated heterocycles.